The second-order valence-corrected chi connectivity index (χ2v) is 5.68. The van der Waals surface area contributed by atoms with Crippen LogP contribution >= 0.6 is 0 Å². The number of nitrogens with one attached hydrogen (secondary N) is 1. The van der Waals surface area contributed by atoms with Crippen LogP contribution in [0.4, 0.5) is 5.69 Å². The molecule has 1 N–H and O–H groups in total. The van der Waals surface area contributed by atoms with Crippen LogP contribution in [0.3, 0.4) is 0 Å². The summed E-state index contributed by atoms with van der Waals surface area (Å²) in [4.78, 5) is 0. The summed E-state index contributed by atoms with van der Waals surface area (Å²) in [6.45, 7) is 9.57. The molecule has 0 aliphatic heterocycles. The second-order valence-electron chi connectivity index (χ2n) is 5.68. The minimum atomic E-state index is 0.454. The topological polar surface area (TPSA) is 29.9 Å². The molecule has 3 heteroatoms. The predicted octanol–water partition coefficient (Wildman–Crippen LogP) is 4.03. The first-order valence-electron chi connectivity index (χ1n) is 7.37. The minimum Gasteiger partial charge on any atom is -0.380 e. The molecule has 0 fully saturated rings. The van der Waals surface area contributed by atoms with Gasteiger partial charge in [-0.25, -0.2) is 0 Å². The smallest absolute Gasteiger partial charge is 0.0699 e. The molecule has 1 aromatic heterocycles. The van der Waals surface area contributed by atoms with Crippen LogP contribution < -0.4 is 5.32 Å². The zero-order valence-corrected chi connectivity index (χ0v) is 13.2. The molecule has 0 spiro atoms. The van der Waals surface area contributed by atoms with E-state index in [4.69, 9.17) is 0 Å². The number of aryl methyl sites for hydroxylation is 3. The van der Waals surface area contributed by atoms with E-state index in [-0.39, 0.29) is 0 Å². The molecule has 0 aliphatic carbocycles. The van der Waals surface area contributed by atoms with Gasteiger partial charge in [-0.1, -0.05) is 39.0 Å². The van der Waals surface area contributed by atoms with Crippen molar-refractivity contribution in [2.45, 2.75) is 46.6 Å². The lowest BCUT2D eigenvalue weighted by atomic mass is 10.0. The Hall–Kier alpha value is -1.77. The van der Waals surface area contributed by atoms with E-state index in [9.17, 15) is 0 Å². The van der Waals surface area contributed by atoms with Crippen molar-refractivity contribution in [3.8, 4) is 0 Å². The van der Waals surface area contributed by atoms with Gasteiger partial charge in [0.05, 0.1) is 5.69 Å². The van der Waals surface area contributed by atoms with Crippen LogP contribution in [-0.4, -0.2) is 9.78 Å². The molecule has 0 radical (unpaired) electrons. The van der Waals surface area contributed by atoms with Gasteiger partial charge in [0, 0.05) is 31.0 Å². The van der Waals surface area contributed by atoms with Crippen LogP contribution in [0.1, 0.15) is 49.1 Å². The molecule has 1 aromatic carbocycles. The lowest BCUT2D eigenvalue weighted by molar-refractivity contribution is 0.712. The minimum absolute atomic E-state index is 0.454. The number of para-hydroxylation sites is 1. The fourth-order valence-corrected chi connectivity index (χ4v) is 2.64. The molecule has 0 bridgehead atoms. The van der Waals surface area contributed by atoms with Gasteiger partial charge in [0.2, 0.25) is 0 Å². The number of benzene rings is 1. The van der Waals surface area contributed by atoms with Gasteiger partial charge in [-0.2, -0.15) is 5.10 Å². The molecule has 0 aliphatic rings. The van der Waals surface area contributed by atoms with E-state index in [1.165, 1.54) is 28.1 Å². The third-order valence-electron chi connectivity index (χ3n) is 3.68. The second kappa shape index (κ2) is 6.12. The Kier molecular flexibility index (Phi) is 4.48. The summed E-state index contributed by atoms with van der Waals surface area (Å²) in [5.74, 6) is 0.454. The average Bonchev–Trinajstić information content (AvgIpc) is 2.78. The fourth-order valence-electron chi connectivity index (χ4n) is 2.64. The maximum Gasteiger partial charge on any atom is 0.0699 e. The Morgan fingerprint density at radius 2 is 2.00 bits per heavy atom. The van der Waals surface area contributed by atoms with Crippen LogP contribution in [0.15, 0.2) is 24.4 Å². The summed E-state index contributed by atoms with van der Waals surface area (Å²) in [7, 11) is 1.99. The van der Waals surface area contributed by atoms with E-state index in [0.29, 0.717) is 5.92 Å². The van der Waals surface area contributed by atoms with E-state index < -0.39 is 0 Å². The molecule has 0 saturated carbocycles. The maximum atomic E-state index is 4.56. The largest absolute Gasteiger partial charge is 0.380 e. The van der Waals surface area contributed by atoms with Gasteiger partial charge in [-0.15, -0.1) is 0 Å². The van der Waals surface area contributed by atoms with Gasteiger partial charge in [0.1, 0.15) is 0 Å². The molecular weight excluding hydrogens is 246 g/mol. The summed E-state index contributed by atoms with van der Waals surface area (Å²) in [6, 6.07) is 6.49. The van der Waals surface area contributed by atoms with Gasteiger partial charge >= 0.3 is 0 Å². The molecule has 0 unspecified atom stereocenters. The molecule has 0 saturated heterocycles. The van der Waals surface area contributed by atoms with Crippen molar-refractivity contribution in [2.75, 3.05) is 5.32 Å². The van der Waals surface area contributed by atoms with E-state index in [1.807, 2.05) is 11.7 Å². The molecule has 0 atom stereocenters. The predicted molar refractivity (Wildman–Crippen MR) is 85.2 cm³/mol. The summed E-state index contributed by atoms with van der Waals surface area (Å²) < 4.78 is 1.91. The zero-order chi connectivity index (χ0) is 14.7. The zero-order valence-electron chi connectivity index (χ0n) is 13.2. The van der Waals surface area contributed by atoms with Gasteiger partial charge in [0.25, 0.3) is 0 Å². The summed E-state index contributed by atoms with van der Waals surface area (Å²) in [5.41, 5.74) is 6.42. The number of rotatable bonds is 5. The molecule has 2 aromatic rings. The molecule has 20 heavy (non-hydrogen) atoms. The van der Waals surface area contributed by atoms with Crippen LogP contribution in [0, 0.1) is 6.92 Å². The first-order chi connectivity index (χ1) is 9.52. The van der Waals surface area contributed by atoms with Crippen LogP contribution in [0.25, 0.3) is 0 Å². The monoisotopic (exact) mass is 271 g/mol. The van der Waals surface area contributed by atoms with Crippen molar-refractivity contribution in [3.05, 3.63) is 46.8 Å². The number of hydrogen-bond acceptors (Lipinski definition) is 2. The molecule has 108 valence electrons. The van der Waals surface area contributed by atoms with E-state index in [1.54, 1.807) is 0 Å². The Morgan fingerprint density at radius 3 is 2.65 bits per heavy atom. The lowest BCUT2D eigenvalue weighted by Gasteiger charge is -2.14. The first kappa shape index (κ1) is 14.6. The maximum absolute atomic E-state index is 4.56. The van der Waals surface area contributed by atoms with Gasteiger partial charge in [0.15, 0.2) is 0 Å². The lowest BCUT2D eigenvalue weighted by Crippen LogP contribution is -2.06. The highest BCUT2D eigenvalue weighted by Gasteiger charge is 2.12. The summed E-state index contributed by atoms with van der Waals surface area (Å²) in [6.07, 6.45) is 3.17. The van der Waals surface area contributed by atoms with Crippen LogP contribution in [-0.2, 0) is 20.0 Å². The van der Waals surface area contributed by atoms with Crippen molar-refractivity contribution < 1.29 is 0 Å². The summed E-state index contributed by atoms with van der Waals surface area (Å²) >= 11 is 0. The number of hydrogen-bond donors (Lipinski definition) is 1. The van der Waals surface area contributed by atoms with E-state index in [0.717, 1.165) is 13.0 Å². The van der Waals surface area contributed by atoms with Crippen molar-refractivity contribution in [1.82, 2.24) is 9.78 Å². The molecule has 2 rings (SSSR count). The fraction of sp³-hybridized carbons (Fsp3) is 0.471. The van der Waals surface area contributed by atoms with Gasteiger partial charge in [-0.3, -0.25) is 4.68 Å². The standard InChI is InChI=1S/C17H25N3/c1-6-14-9-7-8-13(4)17(14)18-10-15-11-20(5)19-16(15)12(2)3/h7-9,11-12,18H,6,10H2,1-5H3. The number of anilines is 1. The molecule has 0 amide bonds. The van der Waals surface area contributed by atoms with Crippen molar-refractivity contribution in [3.63, 3.8) is 0 Å². The third kappa shape index (κ3) is 3.03. The van der Waals surface area contributed by atoms with Crippen molar-refractivity contribution in [1.29, 1.82) is 0 Å². The number of aromatic nitrogens is 2. The van der Waals surface area contributed by atoms with E-state index in [2.05, 4.69) is 62.5 Å². The molecule has 3 nitrogen and oxygen atoms in total. The quantitative estimate of drug-likeness (QED) is 0.890. The third-order valence-corrected chi connectivity index (χ3v) is 3.68. The van der Waals surface area contributed by atoms with Gasteiger partial charge < -0.3 is 5.32 Å². The highest BCUT2D eigenvalue weighted by molar-refractivity contribution is 5.57. The Balaban J connectivity index is 2.21. The Bertz CT molecular complexity index is 582. The average molecular weight is 271 g/mol. The highest BCUT2D eigenvalue weighted by atomic mass is 15.3. The Morgan fingerprint density at radius 1 is 1.25 bits per heavy atom. The normalized spacial score (nSPS) is 11.1. The van der Waals surface area contributed by atoms with Gasteiger partial charge in [-0.05, 0) is 30.4 Å². The van der Waals surface area contributed by atoms with Crippen LogP contribution in [0.5, 0.6) is 0 Å². The first-order valence-corrected chi connectivity index (χ1v) is 7.37. The molecule has 1 heterocycles. The van der Waals surface area contributed by atoms with Crippen LogP contribution in [0.2, 0.25) is 0 Å². The molecular formula is C17H25N3. The summed E-state index contributed by atoms with van der Waals surface area (Å²) in [5, 5.41) is 8.17. The van der Waals surface area contributed by atoms with Crippen molar-refractivity contribution >= 4 is 5.69 Å². The highest BCUT2D eigenvalue weighted by Crippen LogP contribution is 2.23. The van der Waals surface area contributed by atoms with Crippen molar-refractivity contribution in [2.24, 2.45) is 7.05 Å². The Labute approximate surface area is 122 Å². The van der Waals surface area contributed by atoms with E-state index >= 15 is 0 Å². The SMILES string of the molecule is CCc1cccc(C)c1NCc1cn(C)nc1C(C)C. The number of nitrogens with zero attached hydrogens (tertiary/aromatic N) is 2.